The van der Waals surface area contributed by atoms with Crippen molar-refractivity contribution in [2.75, 3.05) is 24.8 Å². The quantitative estimate of drug-likeness (QED) is 0.826. The molecule has 0 saturated carbocycles. The number of thiophene rings is 1. The number of ether oxygens (including phenoxy) is 2. The molecule has 0 bridgehead atoms. The minimum atomic E-state index is -0.613. The number of nitrogen functional groups attached to an aromatic ring is 1. The monoisotopic (exact) mass is 306 g/mol. The van der Waals surface area contributed by atoms with Crippen LogP contribution in [0.2, 0.25) is 0 Å². The van der Waals surface area contributed by atoms with Gasteiger partial charge >= 0.3 is 5.97 Å². The van der Waals surface area contributed by atoms with Gasteiger partial charge in [0.1, 0.15) is 10.6 Å². The summed E-state index contributed by atoms with van der Waals surface area (Å²) in [5.74, 6) is -0.541. The molecule has 0 spiro atoms. The zero-order valence-corrected chi connectivity index (χ0v) is 12.1. The van der Waals surface area contributed by atoms with Crippen molar-refractivity contribution in [1.29, 1.82) is 0 Å². The van der Waals surface area contributed by atoms with Crippen molar-refractivity contribution in [2.45, 2.75) is 0 Å². The maximum atomic E-state index is 11.8. The largest absolute Gasteiger partial charge is 0.495 e. The highest BCUT2D eigenvalue weighted by Crippen LogP contribution is 2.23. The lowest BCUT2D eigenvalue weighted by molar-refractivity contribution is -0.119. The second-order valence-electron chi connectivity index (χ2n) is 4.03. The average molecular weight is 306 g/mol. The first-order valence-electron chi connectivity index (χ1n) is 6.04. The molecule has 0 saturated heterocycles. The molecule has 21 heavy (non-hydrogen) atoms. The molecule has 0 aliphatic rings. The second kappa shape index (κ2) is 6.76. The zero-order valence-electron chi connectivity index (χ0n) is 11.3. The molecule has 7 heteroatoms. The third kappa shape index (κ3) is 3.73. The summed E-state index contributed by atoms with van der Waals surface area (Å²) in [5, 5.41) is 4.29. The van der Waals surface area contributed by atoms with Gasteiger partial charge in [-0.05, 0) is 23.6 Å². The van der Waals surface area contributed by atoms with Crippen LogP contribution in [-0.2, 0) is 9.53 Å². The number of benzene rings is 1. The summed E-state index contributed by atoms with van der Waals surface area (Å²) in [5.41, 5.74) is 6.46. The Morgan fingerprint density at radius 2 is 2.05 bits per heavy atom. The third-order valence-corrected chi connectivity index (χ3v) is 3.51. The summed E-state index contributed by atoms with van der Waals surface area (Å²) in [4.78, 5) is 23.8. The molecule has 0 unspecified atom stereocenters. The third-order valence-electron chi connectivity index (χ3n) is 2.60. The minimum Gasteiger partial charge on any atom is -0.495 e. The topological polar surface area (TPSA) is 90.6 Å². The highest BCUT2D eigenvalue weighted by Gasteiger charge is 2.15. The Kier molecular flexibility index (Phi) is 4.78. The Morgan fingerprint density at radius 3 is 2.71 bits per heavy atom. The lowest BCUT2D eigenvalue weighted by Crippen LogP contribution is -2.21. The Bertz CT molecular complexity index is 654. The van der Waals surface area contributed by atoms with Gasteiger partial charge in [-0.1, -0.05) is 12.1 Å². The van der Waals surface area contributed by atoms with Gasteiger partial charge in [-0.3, -0.25) is 4.79 Å². The standard InChI is InChI=1S/C14H14N2O4S/c1-19-11-5-3-2-4-10(11)16-12(17)8-20-14(18)13-9(15)6-7-21-13/h2-7H,8,15H2,1H3,(H,16,17). The highest BCUT2D eigenvalue weighted by molar-refractivity contribution is 7.12. The molecular formula is C14H14N2O4S. The average Bonchev–Trinajstić information content (AvgIpc) is 2.91. The molecule has 0 fully saturated rings. The van der Waals surface area contributed by atoms with E-state index < -0.39 is 18.5 Å². The number of rotatable bonds is 5. The predicted molar refractivity (Wildman–Crippen MR) is 80.6 cm³/mol. The van der Waals surface area contributed by atoms with Gasteiger partial charge in [-0.25, -0.2) is 4.79 Å². The van der Waals surface area contributed by atoms with E-state index in [1.165, 1.54) is 18.4 Å². The fourth-order valence-electron chi connectivity index (χ4n) is 1.62. The fraction of sp³-hybridized carbons (Fsp3) is 0.143. The van der Waals surface area contributed by atoms with Crippen molar-refractivity contribution >= 4 is 34.6 Å². The molecule has 0 radical (unpaired) electrons. The molecular weight excluding hydrogens is 292 g/mol. The Morgan fingerprint density at radius 1 is 1.29 bits per heavy atom. The number of esters is 1. The van der Waals surface area contributed by atoms with Crippen molar-refractivity contribution in [2.24, 2.45) is 0 Å². The van der Waals surface area contributed by atoms with E-state index in [-0.39, 0.29) is 0 Å². The van der Waals surface area contributed by atoms with Gasteiger partial charge < -0.3 is 20.5 Å². The van der Waals surface area contributed by atoms with Crippen molar-refractivity contribution in [1.82, 2.24) is 0 Å². The molecule has 2 rings (SSSR count). The van der Waals surface area contributed by atoms with Crippen LogP contribution >= 0.6 is 11.3 Å². The van der Waals surface area contributed by atoms with E-state index in [0.717, 1.165) is 0 Å². The van der Waals surface area contributed by atoms with Crippen LogP contribution in [0.25, 0.3) is 0 Å². The number of hydrogen-bond donors (Lipinski definition) is 2. The Balaban J connectivity index is 1.91. The van der Waals surface area contributed by atoms with Crippen LogP contribution in [0.4, 0.5) is 11.4 Å². The molecule has 1 aromatic heterocycles. The maximum absolute atomic E-state index is 11.8. The molecule has 6 nitrogen and oxygen atoms in total. The fourth-order valence-corrected chi connectivity index (χ4v) is 2.33. The number of nitrogens with two attached hydrogens (primary N) is 1. The first-order valence-corrected chi connectivity index (χ1v) is 6.92. The number of carbonyl (C=O) groups excluding carboxylic acids is 2. The maximum Gasteiger partial charge on any atom is 0.350 e. The molecule has 2 aromatic rings. The summed E-state index contributed by atoms with van der Waals surface area (Å²) in [6, 6.07) is 8.56. The summed E-state index contributed by atoms with van der Waals surface area (Å²) in [7, 11) is 1.50. The van der Waals surface area contributed by atoms with Gasteiger partial charge in [0.25, 0.3) is 5.91 Å². The molecule has 1 heterocycles. The summed E-state index contributed by atoms with van der Waals surface area (Å²) >= 11 is 1.17. The first-order chi connectivity index (χ1) is 10.1. The second-order valence-corrected chi connectivity index (χ2v) is 4.95. The van der Waals surface area contributed by atoms with Gasteiger partial charge in [0.2, 0.25) is 0 Å². The van der Waals surface area contributed by atoms with E-state index in [4.69, 9.17) is 15.2 Å². The van der Waals surface area contributed by atoms with E-state index in [0.29, 0.717) is 22.0 Å². The van der Waals surface area contributed by atoms with Crippen LogP contribution in [0.5, 0.6) is 5.75 Å². The van der Waals surface area contributed by atoms with Crippen LogP contribution in [0.3, 0.4) is 0 Å². The predicted octanol–water partition coefficient (Wildman–Crippen LogP) is 2.13. The van der Waals surface area contributed by atoms with Gasteiger partial charge in [-0.15, -0.1) is 11.3 Å². The smallest absolute Gasteiger partial charge is 0.350 e. The number of nitrogens with one attached hydrogen (secondary N) is 1. The number of anilines is 2. The van der Waals surface area contributed by atoms with Gasteiger partial charge in [0.15, 0.2) is 6.61 Å². The van der Waals surface area contributed by atoms with Crippen molar-refractivity contribution in [3.8, 4) is 5.75 Å². The molecule has 110 valence electrons. The van der Waals surface area contributed by atoms with Crippen LogP contribution in [0.1, 0.15) is 9.67 Å². The van der Waals surface area contributed by atoms with E-state index in [2.05, 4.69) is 5.32 Å². The molecule has 0 atom stereocenters. The van der Waals surface area contributed by atoms with E-state index in [9.17, 15) is 9.59 Å². The molecule has 1 amide bonds. The van der Waals surface area contributed by atoms with Crippen LogP contribution < -0.4 is 15.8 Å². The van der Waals surface area contributed by atoms with Crippen molar-refractivity contribution < 1.29 is 19.1 Å². The number of carbonyl (C=O) groups is 2. The van der Waals surface area contributed by atoms with Crippen LogP contribution in [0.15, 0.2) is 35.7 Å². The summed E-state index contributed by atoms with van der Waals surface area (Å²) in [6.45, 7) is -0.395. The van der Waals surface area contributed by atoms with Gasteiger partial charge in [-0.2, -0.15) is 0 Å². The Labute approximate surface area is 125 Å². The lowest BCUT2D eigenvalue weighted by Gasteiger charge is -2.09. The van der Waals surface area contributed by atoms with Crippen molar-refractivity contribution in [3.05, 3.63) is 40.6 Å². The lowest BCUT2D eigenvalue weighted by atomic mass is 10.3. The van der Waals surface area contributed by atoms with Crippen LogP contribution in [0, 0.1) is 0 Å². The number of para-hydroxylation sites is 2. The Hall–Kier alpha value is -2.54. The first kappa shape index (κ1) is 14.9. The summed E-state index contributed by atoms with van der Waals surface area (Å²) < 4.78 is 10.0. The normalized spacial score (nSPS) is 9.95. The van der Waals surface area contributed by atoms with Gasteiger partial charge in [0.05, 0.1) is 18.5 Å². The highest BCUT2D eigenvalue weighted by atomic mass is 32.1. The molecule has 1 aromatic carbocycles. The SMILES string of the molecule is COc1ccccc1NC(=O)COC(=O)c1sccc1N. The number of methoxy groups -OCH3 is 1. The molecule has 0 aliphatic heterocycles. The van der Waals surface area contributed by atoms with Gasteiger partial charge in [0, 0.05) is 0 Å². The number of hydrogen-bond acceptors (Lipinski definition) is 6. The zero-order chi connectivity index (χ0) is 15.2. The summed E-state index contributed by atoms with van der Waals surface area (Å²) in [6.07, 6.45) is 0. The minimum absolute atomic E-state index is 0.292. The van der Waals surface area contributed by atoms with Crippen LogP contribution in [-0.4, -0.2) is 25.6 Å². The van der Waals surface area contributed by atoms with E-state index in [1.54, 1.807) is 35.7 Å². The van der Waals surface area contributed by atoms with Crippen molar-refractivity contribution in [3.63, 3.8) is 0 Å². The number of amides is 1. The van der Waals surface area contributed by atoms with E-state index >= 15 is 0 Å². The molecule has 3 N–H and O–H groups in total. The molecule has 0 aliphatic carbocycles. The van der Waals surface area contributed by atoms with E-state index in [1.807, 2.05) is 0 Å².